The number of ketones is 1. The van der Waals surface area contributed by atoms with Gasteiger partial charge in [-0.2, -0.15) is 5.10 Å². The average molecular weight is 411 g/mol. The predicted molar refractivity (Wildman–Crippen MR) is 116 cm³/mol. The molecule has 0 saturated heterocycles. The highest BCUT2D eigenvalue weighted by Crippen LogP contribution is 2.74. The zero-order chi connectivity index (χ0) is 20.8. The Labute approximate surface area is 180 Å². The summed E-state index contributed by atoms with van der Waals surface area (Å²) in [5.74, 6) is 6.14. The average Bonchev–Trinajstić information content (AvgIpc) is 3.23. The smallest absolute Gasteiger partial charge is 0.158 e. The molecule has 5 saturated carbocycles. The molecule has 5 aliphatic rings. The van der Waals surface area contributed by atoms with Gasteiger partial charge in [0.15, 0.2) is 5.78 Å². The molecule has 1 aromatic heterocycles. The van der Waals surface area contributed by atoms with Crippen LogP contribution in [0.25, 0.3) is 0 Å². The normalized spacial score (nSPS) is 51.5. The van der Waals surface area contributed by atoms with Gasteiger partial charge in [0.25, 0.3) is 0 Å². The fourth-order valence-corrected chi connectivity index (χ4v) is 9.47. The highest BCUT2D eigenvalue weighted by molar-refractivity contribution is 5.83. The fourth-order valence-electron chi connectivity index (χ4n) is 9.47. The first-order valence-corrected chi connectivity index (χ1v) is 12.5. The monoisotopic (exact) mass is 410 g/mol. The van der Waals surface area contributed by atoms with Crippen LogP contribution in [0.5, 0.6) is 0 Å². The van der Waals surface area contributed by atoms with Crippen LogP contribution >= 0.6 is 0 Å². The summed E-state index contributed by atoms with van der Waals surface area (Å²) in [6, 6.07) is 0. The van der Waals surface area contributed by atoms with Crippen LogP contribution < -0.4 is 0 Å². The summed E-state index contributed by atoms with van der Waals surface area (Å²) < 4.78 is 1.86. The minimum atomic E-state index is -0.436. The van der Waals surface area contributed by atoms with Gasteiger partial charge < -0.3 is 5.11 Å². The lowest BCUT2D eigenvalue weighted by atomic mass is 9.48. The van der Waals surface area contributed by atoms with E-state index in [0.717, 1.165) is 53.9 Å². The van der Waals surface area contributed by atoms with E-state index in [1.54, 1.807) is 0 Å². The van der Waals surface area contributed by atoms with Gasteiger partial charge in [0.1, 0.15) is 0 Å². The number of fused-ring (bicyclic) bond motifs is 7. The quantitative estimate of drug-likeness (QED) is 0.790. The molecule has 1 heterocycles. The molecule has 0 spiro atoms. The molecule has 30 heavy (non-hydrogen) atoms. The van der Waals surface area contributed by atoms with E-state index in [0.29, 0.717) is 18.2 Å². The Bertz CT molecular complexity index is 859. The maximum Gasteiger partial charge on any atom is 0.158 e. The van der Waals surface area contributed by atoms with Crippen LogP contribution in [0.4, 0.5) is 0 Å². The number of carbonyl (C=O) groups excluding carboxylic acids is 1. The number of hydrogen-bond donors (Lipinski definition) is 1. The first-order valence-electron chi connectivity index (χ1n) is 12.5. The number of nitrogens with zero attached hydrogens (tertiary/aromatic N) is 2. The lowest BCUT2D eigenvalue weighted by Gasteiger charge is -2.57. The maximum atomic E-state index is 13.5. The Morgan fingerprint density at radius 1 is 1.10 bits per heavy atom. The van der Waals surface area contributed by atoms with Crippen LogP contribution in [-0.4, -0.2) is 26.3 Å². The minimum Gasteiger partial charge on any atom is -0.390 e. The molecule has 0 amide bonds. The number of Topliss-reactive ketones (excluding diaryl/α,β-unsaturated/α-hetero) is 1. The Hall–Kier alpha value is -1.16. The Morgan fingerprint density at radius 3 is 2.67 bits per heavy atom. The third kappa shape index (κ3) is 2.81. The number of hydrogen-bond acceptors (Lipinski definition) is 3. The standard InChI is InChI=1S/C26H38N2O2/c1-15-12-27-28(13-15)14-22(29)24-21-10-20(21)23-19-5-4-16-11-25(2,30)8-6-17(16)18(19)7-9-26(23,24)3/h12-13,16-21,23-24,30H,4-11,14H2,1-3H3/t16-,17+,18-,19-,20-,21+,23-,24-,25-,26+/m1/s1. The number of rotatable bonds is 3. The van der Waals surface area contributed by atoms with Crippen LogP contribution in [0.1, 0.15) is 70.8 Å². The zero-order valence-electron chi connectivity index (χ0n) is 18.9. The summed E-state index contributed by atoms with van der Waals surface area (Å²) in [6.45, 7) is 7.03. The SMILES string of the molecule is Cc1cnn(CC(=O)[C@H]2[C@H]3C[C@H]3[C@H]3[C@@H]4CC[C@@H]5C[C@](C)(O)CC[C@@H]5[C@H]4CC[C@@]32C)c1. The molecule has 5 fully saturated rings. The van der Waals surface area contributed by atoms with Gasteiger partial charge in [-0.15, -0.1) is 0 Å². The van der Waals surface area contributed by atoms with E-state index in [1.807, 2.05) is 24.0 Å². The second kappa shape index (κ2) is 6.43. The van der Waals surface area contributed by atoms with Crippen LogP contribution in [0.3, 0.4) is 0 Å². The third-order valence-corrected chi connectivity index (χ3v) is 10.5. The first kappa shape index (κ1) is 19.5. The molecule has 0 radical (unpaired) electrons. The lowest BCUT2D eigenvalue weighted by molar-refractivity contribution is -0.136. The van der Waals surface area contributed by atoms with Crippen molar-refractivity contribution in [2.75, 3.05) is 0 Å². The predicted octanol–water partition coefficient (Wildman–Crippen LogP) is 4.64. The molecular weight excluding hydrogens is 372 g/mol. The largest absolute Gasteiger partial charge is 0.390 e. The van der Waals surface area contributed by atoms with E-state index < -0.39 is 5.60 Å². The molecular formula is C26H38N2O2. The molecule has 6 rings (SSSR count). The van der Waals surface area contributed by atoms with Gasteiger partial charge in [-0.1, -0.05) is 6.92 Å². The van der Waals surface area contributed by atoms with Gasteiger partial charge in [0.05, 0.1) is 18.3 Å². The van der Waals surface area contributed by atoms with E-state index in [1.165, 1.54) is 38.5 Å². The van der Waals surface area contributed by atoms with Crippen molar-refractivity contribution < 1.29 is 9.90 Å². The molecule has 4 heteroatoms. The second-order valence-corrected chi connectivity index (χ2v) is 12.4. The van der Waals surface area contributed by atoms with Crippen LogP contribution in [-0.2, 0) is 11.3 Å². The van der Waals surface area contributed by atoms with Crippen LogP contribution in [0, 0.1) is 59.7 Å². The van der Waals surface area contributed by atoms with Gasteiger partial charge in [-0.25, -0.2) is 0 Å². The fraction of sp³-hybridized carbons (Fsp3) is 0.846. The molecule has 0 bridgehead atoms. The van der Waals surface area contributed by atoms with Gasteiger partial charge in [-0.3, -0.25) is 9.48 Å². The zero-order valence-corrected chi connectivity index (χ0v) is 18.9. The summed E-state index contributed by atoms with van der Waals surface area (Å²) in [5.41, 5.74) is 0.904. The molecule has 10 atom stereocenters. The van der Waals surface area contributed by atoms with Gasteiger partial charge in [0, 0.05) is 12.1 Å². The summed E-state index contributed by atoms with van der Waals surface area (Å²) in [7, 11) is 0. The van der Waals surface area contributed by atoms with E-state index in [4.69, 9.17) is 0 Å². The van der Waals surface area contributed by atoms with Crippen molar-refractivity contribution in [3.8, 4) is 0 Å². The summed E-state index contributed by atoms with van der Waals surface area (Å²) >= 11 is 0. The number of aliphatic hydroxyl groups is 1. The molecule has 4 nitrogen and oxygen atoms in total. The van der Waals surface area contributed by atoms with E-state index >= 15 is 0 Å². The molecule has 164 valence electrons. The Morgan fingerprint density at radius 2 is 1.90 bits per heavy atom. The first-order chi connectivity index (χ1) is 14.3. The lowest BCUT2D eigenvalue weighted by Crippen LogP contribution is -2.52. The third-order valence-electron chi connectivity index (χ3n) is 10.5. The van der Waals surface area contributed by atoms with Gasteiger partial charge in [0.2, 0.25) is 0 Å². The van der Waals surface area contributed by atoms with Gasteiger partial charge >= 0.3 is 0 Å². The molecule has 1 N–H and O–H groups in total. The second-order valence-electron chi connectivity index (χ2n) is 12.4. The van der Waals surface area contributed by atoms with Crippen molar-refractivity contribution in [3.05, 3.63) is 18.0 Å². The summed E-state index contributed by atoms with van der Waals surface area (Å²) in [6.07, 6.45) is 13.6. The highest BCUT2D eigenvalue weighted by atomic mass is 16.3. The van der Waals surface area contributed by atoms with E-state index in [-0.39, 0.29) is 11.3 Å². The van der Waals surface area contributed by atoms with Crippen molar-refractivity contribution in [1.29, 1.82) is 0 Å². The summed E-state index contributed by atoms with van der Waals surface area (Å²) in [5, 5.41) is 15.0. The molecule has 1 aromatic rings. The van der Waals surface area contributed by atoms with Crippen LogP contribution in [0.15, 0.2) is 12.4 Å². The van der Waals surface area contributed by atoms with Crippen molar-refractivity contribution in [1.82, 2.24) is 9.78 Å². The molecule has 0 aromatic carbocycles. The number of carbonyl (C=O) groups is 1. The van der Waals surface area contributed by atoms with Crippen molar-refractivity contribution >= 4 is 5.78 Å². The molecule has 5 aliphatic carbocycles. The Balaban J connectivity index is 1.23. The van der Waals surface area contributed by atoms with Crippen LogP contribution in [0.2, 0.25) is 0 Å². The summed E-state index contributed by atoms with van der Waals surface area (Å²) in [4.78, 5) is 13.5. The van der Waals surface area contributed by atoms with Crippen molar-refractivity contribution in [2.24, 2.45) is 52.8 Å². The highest BCUT2D eigenvalue weighted by Gasteiger charge is 2.70. The number of aryl methyl sites for hydroxylation is 1. The van der Waals surface area contributed by atoms with Gasteiger partial charge in [-0.05, 0) is 118 Å². The number of aromatic nitrogens is 2. The minimum absolute atomic E-state index is 0.209. The van der Waals surface area contributed by atoms with E-state index in [2.05, 4.69) is 18.9 Å². The van der Waals surface area contributed by atoms with Crippen molar-refractivity contribution in [2.45, 2.75) is 84.3 Å². The molecule has 0 unspecified atom stereocenters. The topological polar surface area (TPSA) is 55.1 Å². The maximum absolute atomic E-state index is 13.5. The van der Waals surface area contributed by atoms with Crippen molar-refractivity contribution in [3.63, 3.8) is 0 Å². The van der Waals surface area contributed by atoms with E-state index in [9.17, 15) is 9.90 Å². The Kier molecular flexibility index (Phi) is 4.18. The molecule has 0 aliphatic heterocycles.